The van der Waals surface area contributed by atoms with Gasteiger partial charge in [0.25, 0.3) is 0 Å². The van der Waals surface area contributed by atoms with Gasteiger partial charge in [0.2, 0.25) is 0 Å². The van der Waals surface area contributed by atoms with Crippen molar-refractivity contribution in [2.75, 3.05) is 5.32 Å². The van der Waals surface area contributed by atoms with Gasteiger partial charge in [-0.2, -0.15) is 0 Å². The van der Waals surface area contributed by atoms with Crippen LogP contribution in [0.5, 0.6) is 0 Å². The van der Waals surface area contributed by atoms with Crippen molar-refractivity contribution in [3.05, 3.63) is 65.7 Å². The van der Waals surface area contributed by atoms with Crippen molar-refractivity contribution >= 4 is 22.3 Å². The van der Waals surface area contributed by atoms with Gasteiger partial charge in [0.05, 0.1) is 6.54 Å². The molecule has 26 heavy (non-hydrogen) atoms. The minimum absolute atomic E-state index is 0.427. The second kappa shape index (κ2) is 6.16. The van der Waals surface area contributed by atoms with Crippen LogP contribution in [-0.4, -0.2) is 22.0 Å². The molecule has 1 aromatic carbocycles. The lowest BCUT2D eigenvalue weighted by atomic mass is 9.80. The van der Waals surface area contributed by atoms with Crippen LogP contribution in [0.2, 0.25) is 0 Å². The number of pyridine rings is 2. The Balaban J connectivity index is 1.40. The molecule has 2 aliphatic rings. The Labute approximate surface area is 151 Å². The first kappa shape index (κ1) is 15.4. The third-order valence-corrected chi connectivity index (χ3v) is 5.29. The first-order valence-electron chi connectivity index (χ1n) is 9.04. The fraction of sp³-hybridized carbons (Fsp3) is 0.286. The first-order chi connectivity index (χ1) is 12.8. The number of aromatic nitrogens is 2. The summed E-state index contributed by atoms with van der Waals surface area (Å²) < 4.78 is 13.1. The SMILES string of the molecule is FC1CC(Cc2nccc3cc(NC4=NCc5cccnc54)ccc23)C1. The molecule has 0 saturated heterocycles. The van der Waals surface area contributed by atoms with Crippen molar-refractivity contribution < 1.29 is 4.39 Å². The smallest absolute Gasteiger partial charge is 0.152 e. The molecule has 4 nitrogen and oxygen atoms in total. The van der Waals surface area contributed by atoms with Crippen LogP contribution < -0.4 is 5.32 Å². The lowest BCUT2D eigenvalue weighted by Crippen LogP contribution is -2.26. The Kier molecular flexibility index (Phi) is 3.66. The summed E-state index contributed by atoms with van der Waals surface area (Å²) in [4.78, 5) is 13.5. The minimum Gasteiger partial charge on any atom is -0.339 e. The van der Waals surface area contributed by atoms with Gasteiger partial charge < -0.3 is 5.32 Å². The molecule has 3 aromatic rings. The number of nitrogens with one attached hydrogen (secondary N) is 1. The fourth-order valence-corrected chi connectivity index (χ4v) is 3.83. The number of hydrogen-bond acceptors (Lipinski definition) is 4. The van der Waals surface area contributed by atoms with Crippen molar-refractivity contribution in [2.45, 2.75) is 32.0 Å². The predicted molar refractivity (Wildman–Crippen MR) is 101 cm³/mol. The van der Waals surface area contributed by atoms with E-state index in [-0.39, 0.29) is 0 Å². The standard InChI is InChI=1S/C21H19FN4/c22-16-8-13(9-16)10-19-18-4-3-17(11-14(18)5-7-23-19)26-21-20-15(12-25-21)2-1-6-24-20/h1-7,11,13,16H,8-10,12H2,(H,25,26). The molecule has 5 rings (SSSR count). The van der Waals surface area contributed by atoms with Gasteiger partial charge in [0.15, 0.2) is 5.84 Å². The molecule has 3 heterocycles. The number of halogens is 1. The number of anilines is 1. The van der Waals surface area contributed by atoms with Crippen molar-refractivity contribution in [3.8, 4) is 0 Å². The average molecular weight is 346 g/mol. The van der Waals surface area contributed by atoms with E-state index in [2.05, 4.69) is 44.5 Å². The van der Waals surface area contributed by atoms with Crippen molar-refractivity contribution in [3.63, 3.8) is 0 Å². The molecule has 1 aliphatic carbocycles. The molecule has 0 unspecified atom stereocenters. The molecule has 0 atom stereocenters. The van der Waals surface area contributed by atoms with Crippen molar-refractivity contribution in [1.82, 2.24) is 9.97 Å². The van der Waals surface area contributed by atoms with E-state index in [1.807, 2.05) is 18.3 Å². The second-order valence-electron chi connectivity index (χ2n) is 7.13. The highest BCUT2D eigenvalue weighted by molar-refractivity contribution is 6.10. The van der Waals surface area contributed by atoms with Gasteiger partial charge in [-0.05, 0) is 54.8 Å². The Bertz CT molecular complexity index is 1010. The summed E-state index contributed by atoms with van der Waals surface area (Å²) in [6, 6.07) is 12.3. The Morgan fingerprint density at radius 2 is 2.00 bits per heavy atom. The van der Waals surface area contributed by atoms with Crippen LogP contribution in [0.4, 0.5) is 10.1 Å². The van der Waals surface area contributed by atoms with E-state index in [0.29, 0.717) is 25.3 Å². The molecule has 130 valence electrons. The highest BCUT2D eigenvalue weighted by Crippen LogP contribution is 2.34. The number of rotatable bonds is 3. The van der Waals surface area contributed by atoms with E-state index in [0.717, 1.165) is 45.7 Å². The van der Waals surface area contributed by atoms with Gasteiger partial charge in [-0.15, -0.1) is 0 Å². The molecule has 0 radical (unpaired) electrons. The molecule has 0 amide bonds. The van der Waals surface area contributed by atoms with Crippen LogP contribution in [0.1, 0.15) is 29.8 Å². The van der Waals surface area contributed by atoms with E-state index >= 15 is 0 Å². The molecular weight excluding hydrogens is 327 g/mol. The number of benzene rings is 1. The van der Waals surface area contributed by atoms with Crippen LogP contribution in [0, 0.1) is 5.92 Å². The van der Waals surface area contributed by atoms with E-state index < -0.39 is 6.17 Å². The average Bonchev–Trinajstić information content (AvgIpc) is 3.03. The third-order valence-electron chi connectivity index (χ3n) is 5.29. The number of hydrogen-bond donors (Lipinski definition) is 1. The summed E-state index contributed by atoms with van der Waals surface area (Å²) in [7, 11) is 0. The number of fused-ring (bicyclic) bond motifs is 2. The third kappa shape index (κ3) is 2.73. The van der Waals surface area contributed by atoms with Gasteiger partial charge >= 0.3 is 0 Å². The topological polar surface area (TPSA) is 50.2 Å². The summed E-state index contributed by atoms with van der Waals surface area (Å²) in [5.74, 6) is 1.24. The second-order valence-corrected chi connectivity index (χ2v) is 7.13. The largest absolute Gasteiger partial charge is 0.339 e. The normalized spacial score (nSPS) is 21.2. The van der Waals surface area contributed by atoms with Crippen molar-refractivity contribution in [2.24, 2.45) is 10.9 Å². The molecule has 0 bridgehead atoms. The predicted octanol–water partition coefficient (Wildman–Crippen LogP) is 4.29. The summed E-state index contributed by atoms with van der Waals surface area (Å²) in [5.41, 5.74) is 4.12. The Morgan fingerprint density at radius 1 is 1.08 bits per heavy atom. The molecule has 2 aromatic heterocycles. The number of amidine groups is 1. The van der Waals surface area contributed by atoms with Crippen LogP contribution in [0.15, 0.2) is 53.8 Å². The molecule has 1 N–H and O–H groups in total. The summed E-state index contributed by atoms with van der Waals surface area (Å²) in [6.45, 7) is 0.671. The van der Waals surface area contributed by atoms with Gasteiger partial charge in [-0.25, -0.2) is 4.39 Å². The van der Waals surface area contributed by atoms with Gasteiger partial charge in [-0.3, -0.25) is 15.0 Å². The molecule has 1 aliphatic heterocycles. The van der Waals surface area contributed by atoms with E-state index in [4.69, 9.17) is 0 Å². The van der Waals surface area contributed by atoms with Gasteiger partial charge in [0, 0.05) is 34.7 Å². The molecule has 1 saturated carbocycles. The number of nitrogens with zero attached hydrogens (tertiary/aromatic N) is 3. The molecule has 5 heteroatoms. The Morgan fingerprint density at radius 3 is 2.88 bits per heavy atom. The molecular formula is C21H19FN4. The minimum atomic E-state index is -0.616. The number of alkyl halides is 1. The first-order valence-corrected chi connectivity index (χ1v) is 9.04. The van der Waals surface area contributed by atoms with E-state index in [1.54, 1.807) is 6.20 Å². The summed E-state index contributed by atoms with van der Waals surface area (Å²) >= 11 is 0. The highest BCUT2D eigenvalue weighted by atomic mass is 19.1. The van der Waals surface area contributed by atoms with Gasteiger partial charge in [0.1, 0.15) is 11.9 Å². The van der Waals surface area contributed by atoms with Crippen molar-refractivity contribution in [1.29, 1.82) is 0 Å². The van der Waals surface area contributed by atoms with Crippen LogP contribution in [0.3, 0.4) is 0 Å². The van der Waals surface area contributed by atoms with Crippen LogP contribution in [0.25, 0.3) is 10.8 Å². The zero-order valence-electron chi connectivity index (χ0n) is 14.3. The maximum Gasteiger partial charge on any atom is 0.152 e. The fourth-order valence-electron chi connectivity index (χ4n) is 3.83. The lowest BCUT2D eigenvalue weighted by Gasteiger charge is -2.29. The lowest BCUT2D eigenvalue weighted by molar-refractivity contribution is 0.131. The molecule has 0 spiro atoms. The highest BCUT2D eigenvalue weighted by Gasteiger charge is 2.29. The van der Waals surface area contributed by atoms with E-state index in [9.17, 15) is 4.39 Å². The Hall–Kier alpha value is -2.82. The maximum absolute atomic E-state index is 13.1. The monoisotopic (exact) mass is 346 g/mol. The zero-order valence-corrected chi connectivity index (χ0v) is 14.3. The summed E-state index contributed by atoms with van der Waals surface area (Å²) in [5, 5.41) is 5.68. The number of aliphatic imine (C=N–C) groups is 1. The van der Waals surface area contributed by atoms with Crippen LogP contribution in [-0.2, 0) is 13.0 Å². The zero-order chi connectivity index (χ0) is 17.5. The maximum atomic E-state index is 13.1. The van der Waals surface area contributed by atoms with Crippen LogP contribution >= 0.6 is 0 Å². The quantitative estimate of drug-likeness (QED) is 0.769. The summed E-state index contributed by atoms with van der Waals surface area (Å²) in [6.07, 6.45) is 5.22. The molecule has 1 fully saturated rings. The van der Waals surface area contributed by atoms with E-state index in [1.165, 1.54) is 0 Å². The van der Waals surface area contributed by atoms with Gasteiger partial charge in [-0.1, -0.05) is 12.1 Å².